The van der Waals surface area contributed by atoms with Gasteiger partial charge in [0.1, 0.15) is 12.0 Å². The summed E-state index contributed by atoms with van der Waals surface area (Å²) in [6.07, 6.45) is 1.26. The largest absolute Gasteiger partial charge is 0.457 e. The molecular weight excluding hydrogens is 316 g/mol. The average Bonchev–Trinajstić information content (AvgIpc) is 2.60. The first kappa shape index (κ1) is 16.5. The van der Waals surface area contributed by atoms with Gasteiger partial charge in [0.25, 0.3) is 5.91 Å². The van der Waals surface area contributed by atoms with E-state index < -0.39 is 5.91 Å². The molecule has 0 fully saturated rings. The molecule has 0 radical (unpaired) electrons. The van der Waals surface area contributed by atoms with Gasteiger partial charge in [0.2, 0.25) is 5.43 Å². The van der Waals surface area contributed by atoms with Crippen LogP contribution in [0.2, 0.25) is 0 Å². The van der Waals surface area contributed by atoms with Crippen LogP contribution in [0, 0.1) is 13.8 Å². The second-order valence-corrected chi connectivity index (χ2v) is 5.83. The van der Waals surface area contributed by atoms with E-state index in [0.717, 1.165) is 16.8 Å². The number of benzene rings is 2. The number of rotatable bonds is 4. The summed E-state index contributed by atoms with van der Waals surface area (Å²) in [5, 5.41) is 5.68. The lowest BCUT2D eigenvalue weighted by molar-refractivity contribution is 0.0994. The normalized spacial score (nSPS) is 10.3. The molecule has 0 saturated carbocycles. The molecule has 0 atom stereocenters. The zero-order valence-electron chi connectivity index (χ0n) is 14.0. The summed E-state index contributed by atoms with van der Waals surface area (Å²) in [6, 6.07) is 16.2. The zero-order valence-corrected chi connectivity index (χ0v) is 14.0. The molecule has 2 aromatic carbocycles. The molecule has 3 rings (SSSR count). The molecule has 1 amide bonds. The van der Waals surface area contributed by atoms with Gasteiger partial charge < -0.3 is 15.1 Å². The van der Waals surface area contributed by atoms with Gasteiger partial charge in [0, 0.05) is 17.4 Å². The fourth-order valence-corrected chi connectivity index (χ4v) is 2.24. The van der Waals surface area contributed by atoms with E-state index in [2.05, 4.69) is 10.6 Å². The number of carbonyl (C=O) groups is 1. The molecule has 0 unspecified atom stereocenters. The van der Waals surface area contributed by atoms with Crippen molar-refractivity contribution in [1.29, 1.82) is 0 Å². The quantitative estimate of drug-likeness (QED) is 0.748. The van der Waals surface area contributed by atoms with E-state index in [9.17, 15) is 9.59 Å². The van der Waals surface area contributed by atoms with E-state index in [4.69, 9.17) is 4.42 Å². The highest BCUT2D eigenvalue weighted by Crippen LogP contribution is 2.15. The number of nitrogens with one attached hydrogen (secondary N) is 2. The van der Waals surface area contributed by atoms with Gasteiger partial charge in [-0.25, -0.2) is 0 Å². The number of carbonyl (C=O) groups excluding carboxylic acids is 1. The number of hydrogen-bond acceptors (Lipinski definition) is 4. The van der Waals surface area contributed by atoms with Crippen molar-refractivity contribution in [3.05, 3.63) is 88.0 Å². The van der Waals surface area contributed by atoms with Crippen molar-refractivity contribution >= 4 is 23.0 Å². The van der Waals surface area contributed by atoms with Crippen LogP contribution < -0.4 is 16.1 Å². The Kier molecular flexibility index (Phi) is 4.66. The summed E-state index contributed by atoms with van der Waals surface area (Å²) in [4.78, 5) is 24.4. The van der Waals surface area contributed by atoms with Crippen LogP contribution in [0.15, 0.2) is 70.1 Å². The summed E-state index contributed by atoms with van der Waals surface area (Å²) in [6.45, 7) is 3.95. The molecular formula is C20H18N2O3. The highest BCUT2D eigenvalue weighted by molar-refractivity contribution is 6.02. The Morgan fingerprint density at radius 1 is 0.880 bits per heavy atom. The monoisotopic (exact) mass is 334 g/mol. The van der Waals surface area contributed by atoms with Crippen LogP contribution in [-0.4, -0.2) is 5.91 Å². The van der Waals surface area contributed by atoms with Crippen LogP contribution in [0.3, 0.4) is 0 Å². The number of aryl methyl sites for hydroxylation is 2. The predicted molar refractivity (Wildman–Crippen MR) is 98.6 cm³/mol. The van der Waals surface area contributed by atoms with Crippen molar-refractivity contribution in [2.45, 2.75) is 13.8 Å². The second kappa shape index (κ2) is 7.05. The van der Waals surface area contributed by atoms with Gasteiger partial charge in [-0.3, -0.25) is 9.59 Å². The maximum absolute atomic E-state index is 12.2. The lowest BCUT2D eigenvalue weighted by Gasteiger charge is -2.07. The van der Waals surface area contributed by atoms with E-state index in [0.29, 0.717) is 5.69 Å². The molecule has 3 aromatic rings. The topological polar surface area (TPSA) is 71.3 Å². The second-order valence-electron chi connectivity index (χ2n) is 5.83. The van der Waals surface area contributed by atoms with Gasteiger partial charge >= 0.3 is 0 Å². The number of amides is 1. The first-order chi connectivity index (χ1) is 12.0. The van der Waals surface area contributed by atoms with E-state index in [1.807, 2.05) is 50.2 Å². The molecule has 0 bridgehead atoms. The van der Waals surface area contributed by atoms with Crippen LogP contribution >= 0.6 is 0 Å². The Bertz CT molecular complexity index is 942. The maximum atomic E-state index is 12.2. The summed E-state index contributed by atoms with van der Waals surface area (Å²) >= 11 is 0. The summed E-state index contributed by atoms with van der Waals surface area (Å²) in [5.74, 6) is -0.511. The summed E-state index contributed by atoms with van der Waals surface area (Å²) < 4.78 is 5.32. The fraction of sp³-hybridized carbons (Fsp3) is 0.100. The Morgan fingerprint density at radius 3 is 2.00 bits per heavy atom. The van der Waals surface area contributed by atoms with Gasteiger partial charge in [-0.15, -0.1) is 0 Å². The molecule has 1 aromatic heterocycles. The van der Waals surface area contributed by atoms with Crippen molar-refractivity contribution in [2.75, 3.05) is 10.6 Å². The first-order valence-corrected chi connectivity index (χ1v) is 7.86. The van der Waals surface area contributed by atoms with Crippen molar-refractivity contribution < 1.29 is 9.21 Å². The van der Waals surface area contributed by atoms with Gasteiger partial charge in [-0.05, 0) is 38.1 Å². The van der Waals surface area contributed by atoms with Crippen LogP contribution in [0.5, 0.6) is 0 Å². The lowest BCUT2D eigenvalue weighted by atomic mass is 10.2. The molecule has 0 aliphatic heterocycles. The van der Waals surface area contributed by atoms with E-state index in [-0.39, 0.29) is 16.9 Å². The third kappa shape index (κ3) is 4.14. The molecule has 25 heavy (non-hydrogen) atoms. The van der Waals surface area contributed by atoms with Crippen molar-refractivity contribution in [3.8, 4) is 0 Å². The number of anilines is 3. The predicted octanol–water partition coefficient (Wildman–Crippen LogP) is 4.25. The number of hydrogen-bond donors (Lipinski definition) is 2. The Balaban J connectivity index is 1.74. The van der Waals surface area contributed by atoms with Gasteiger partial charge in [0.05, 0.1) is 0 Å². The minimum atomic E-state index is -0.470. The molecule has 126 valence electrons. The minimum Gasteiger partial charge on any atom is -0.457 e. The summed E-state index contributed by atoms with van der Waals surface area (Å²) in [7, 11) is 0. The maximum Gasteiger partial charge on any atom is 0.291 e. The molecule has 0 aliphatic carbocycles. The SMILES string of the molecule is Cc1ccc(NC(=O)c2cc(=O)c(Nc3ccc(C)cc3)co2)cc1. The van der Waals surface area contributed by atoms with Gasteiger partial charge in [-0.1, -0.05) is 35.4 Å². The third-order valence-electron chi connectivity index (χ3n) is 3.70. The molecule has 1 heterocycles. The van der Waals surface area contributed by atoms with Crippen molar-refractivity contribution in [2.24, 2.45) is 0 Å². The third-order valence-corrected chi connectivity index (χ3v) is 3.70. The minimum absolute atomic E-state index is 0.0416. The summed E-state index contributed by atoms with van der Waals surface area (Å²) in [5.41, 5.74) is 3.59. The van der Waals surface area contributed by atoms with E-state index in [1.165, 1.54) is 12.3 Å². The van der Waals surface area contributed by atoms with Gasteiger partial charge in [0.15, 0.2) is 5.76 Å². The van der Waals surface area contributed by atoms with Crippen LogP contribution in [0.25, 0.3) is 0 Å². The molecule has 0 spiro atoms. The average molecular weight is 334 g/mol. The Hall–Kier alpha value is -3.34. The Morgan fingerprint density at radius 2 is 1.44 bits per heavy atom. The van der Waals surface area contributed by atoms with Crippen LogP contribution in [0.4, 0.5) is 17.1 Å². The standard InChI is InChI=1S/C20H18N2O3/c1-13-3-7-15(8-4-13)21-17-12-25-19(11-18(17)23)20(24)22-16-9-5-14(2)6-10-16/h3-12,21H,1-2H3,(H,22,24). The van der Waals surface area contributed by atoms with Crippen molar-refractivity contribution in [3.63, 3.8) is 0 Å². The van der Waals surface area contributed by atoms with Gasteiger partial charge in [-0.2, -0.15) is 0 Å². The molecule has 0 saturated heterocycles. The highest BCUT2D eigenvalue weighted by atomic mass is 16.3. The zero-order chi connectivity index (χ0) is 17.8. The lowest BCUT2D eigenvalue weighted by Crippen LogP contribution is -2.16. The van der Waals surface area contributed by atoms with E-state index in [1.54, 1.807) is 12.1 Å². The first-order valence-electron chi connectivity index (χ1n) is 7.86. The fourth-order valence-electron chi connectivity index (χ4n) is 2.24. The highest BCUT2D eigenvalue weighted by Gasteiger charge is 2.12. The Labute approximate surface area is 145 Å². The van der Waals surface area contributed by atoms with Crippen LogP contribution in [-0.2, 0) is 0 Å². The molecule has 5 heteroatoms. The molecule has 5 nitrogen and oxygen atoms in total. The smallest absolute Gasteiger partial charge is 0.291 e. The molecule has 0 aliphatic rings. The van der Waals surface area contributed by atoms with Crippen LogP contribution in [0.1, 0.15) is 21.7 Å². The van der Waals surface area contributed by atoms with Crippen molar-refractivity contribution in [1.82, 2.24) is 0 Å². The molecule has 2 N–H and O–H groups in total. The van der Waals surface area contributed by atoms with E-state index >= 15 is 0 Å².